The third kappa shape index (κ3) is 1.83. The fraction of sp³-hybridized carbons (Fsp3) is 0.176. The van der Waals surface area contributed by atoms with Gasteiger partial charge in [0.05, 0.1) is 11.4 Å². The highest BCUT2D eigenvalue weighted by Crippen LogP contribution is 2.34. The number of benzene rings is 2. The number of fused-ring (bicyclic) bond motifs is 1. The van der Waals surface area contributed by atoms with Gasteiger partial charge in [0.25, 0.3) is 5.91 Å². The molecule has 0 saturated heterocycles. The highest BCUT2D eigenvalue weighted by atomic mass is 16.2. The molecule has 0 aromatic heterocycles. The molecule has 1 aliphatic rings. The van der Waals surface area contributed by atoms with Gasteiger partial charge in [-0.2, -0.15) is 0 Å². The summed E-state index contributed by atoms with van der Waals surface area (Å²) in [6, 6.07) is 13.7. The van der Waals surface area contributed by atoms with Gasteiger partial charge in [-0.1, -0.05) is 30.3 Å². The van der Waals surface area contributed by atoms with Crippen molar-refractivity contribution in [1.82, 2.24) is 0 Å². The summed E-state index contributed by atoms with van der Waals surface area (Å²) in [6.45, 7) is 4.04. The van der Waals surface area contributed by atoms with Crippen molar-refractivity contribution >= 4 is 23.0 Å². The van der Waals surface area contributed by atoms with Crippen LogP contribution in [0.25, 0.3) is 0 Å². The van der Waals surface area contributed by atoms with Crippen molar-refractivity contribution in [2.75, 3.05) is 11.9 Å². The van der Waals surface area contributed by atoms with Gasteiger partial charge in [0.2, 0.25) is 0 Å². The molecule has 0 bridgehead atoms. The topological polar surface area (TPSA) is 32.7 Å². The van der Waals surface area contributed by atoms with Gasteiger partial charge < -0.3 is 4.90 Å². The maximum atomic E-state index is 12.5. The highest BCUT2D eigenvalue weighted by Gasteiger charge is 2.33. The Kier molecular flexibility index (Phi) is 2.90. The molecule has 0 radical (unpaired) electrons. The number of hydrogen-bond donors (Lipinski definition) is 0. The Morgan fingerprint density at radius 3 is 2.30 bits per heavy atom. The minimum Gasteiger partial charge on any atom is -0.309 e. The quantitative estimate of drug-likeness (QED) is 0.777. The van der Waals surface area contributed by atoms with Crippen LogP contribution >= 0.6 is 0 Å². The van der Waals surface area contributed by atoms with Gasteiger partial charge in [0.1, 0.15) is 5.71 Å². The van der Waals surface area contributed by atoms with E-state index in [1.165, 1.54) is 0 Å². The van der Waals surface area contributed by atoms with Gasteiger partial charge in [-0.3, -0.25) is 4.79 Å². The predicted molar refractivity (Wildman–Crippen MR) is 82.0 cm³/mol. The molecule has 1 amide bonds. The number of rotatable bonds is 1. The van der Waals surface area contributed by atoms with Crippen LogP contribution in [0.2, 0.25) is 0 Å². The normalized spacial score (nSPS) is 15.8. The maximum Gasteiger partial charge on any atom is 0.277 e. The summed E-state index contributed by atoms with van der Waals surface area (Å²) in [7, 11) is 1.81. The molecule has 0 N–H and O–H groups in total. The minimum absolute atomic E-state index is 0.0405. The molecule has 3 rings (SSSR count). The molecule has 1 heterocycles. The predicted octanol–water partition coefficient (Wildman–Crippen LogP) is 3.40. The lowest BCUT2D eigenvalue weighted by molar-refractivity contribution is -0.111. The summed E-state index contributed by atoms with van der Waals surface area (Å²) >= 11 is 0. The molecule has 1 aliphatic heterocycles. The van der Waals surface area contributed by atoms with Crippen molar-refractivity contribution < 1.29 is 4.79 Å². The number of hydrogen-bond acceptors (Lipinski definition) is 2. The van der Waals surface area contributed by atoms with Crippen LogP contribution < -0.4 is 4.90 Å². The van der Waals surface area contributed by atoms with E-state index < -0.39 is 0 Å². The third-order valence-corrected chi connectivity index (χ3v) is 3.66. The Balaban J connectivity index is 2.24. The number of anilines is 1. The smallest absolute Gasteiger partial charge is 0.277 e. The van der Waals surface area contributed by atoms with E-state index in [1.807, 2.05) is 56.3 Å². The summed E-state index contributed by atoms with van der Waals surface area (Å²) in [4.78, 5) is 18.7. The first-order chi connectivity index (χ1) is 9.59. The van der Waals surface area contributed by atoms with Gasteiger partial charge >= 0.3 is 0 Å². The number of carbonyl (C=O) groups is 1. The Bertz CT molecular complexity index is 717. The van der Waals surface area contributed by atoms with Gasteiger partial charge in [-0.25, -0.2) is 4.99 Å². The van der Waals surface area contributed by atoms with Crippen molar-refractivity contribution in [2.45, 2.75) is 13.8 Å². The molecule has 20 heavy (non-hydrogen) atoms. The standard InChI is InChI=1S/C17H16N2O/c1-11-9-10-12(2)16-14(11)15(17(20)19(16)3)18-13-7-5-4-6-8-13/h4-10H,1-3H3. The van der Waals surface area contributed by atoms with Crippen LogP contribution in [0.5, 0.6) is 0 Å². The van der Waals surface area contributed by atoms with E-state index in [0.29, 0.717) is 5.71 Å². The zero-order valence-electron chi connectivity index (χ0n) is 11.8. The lowest BCUT2D eigenvalue weighted by Crippen LogP contribution is -2.25. The number of para-hydroxylation sites is 1. The molecule has 0 spiro atoms. The zero-order valence-corrected chi connectivity index (χ0v) is 11.8. The van der Waals surface area contributed by atoms with Crippen molar-refractivity contribution in [3.05, 3.63) is 59.2 Å². The zero-order chi connectivity index (χ0) is 14.3. The number of aliphatic imine (C=N–C) groups is 1. The highest BCUT2D eigenvalue weighted by molar-refractivity contribution is 6.55. The average Bonchev–Trinajstić information content (AvgIpc) is 2.70. The van der Waals surface area contributed by atoms with Gasteiger partial charge in [-0.05, 0) is 37.1 Å². The number of carbonyl (C=O) groups excluding carboxylic acids is 1. The molecule has 3 nitrogen and oxygen atoms in total. The average molecular weight is 264 g/mol. The molecule has 0 fully saturated rings. The van der Waals surface area contributed by atoms with E-state index in [9.17, 15) is 4.79 Å². The first-order valence-corrected chi connectivity index (χ1v) is 6.62. The monoisotopic (exact) mass is 264 g/mol. The van der Waals surface area contributed by atoms with E-state index in [-0.39, 0.29) is 5.91 Å². The van der Waals surface area contributed by atoms with E-state index in [2.05, 4.69) is 4.99 Å². The molecule has 2 aromatic rings. The van der Waals surface area contributed by atoms with Crippen LogP contribution in [0.1, 0.15) is 16.7 Å². The summed E-state index contributed by atoms with van der Waals surface area (Å²) < 4.78 is 0. The number of nitrogens with zero attached hydrogens (tertiary/aromatic N) is 2. The van der Waals surface area contributed by atoms with Crippen LogP contribution in [-0.4, -0.2) is 18.7 Å². The fourth-order valence-electron chi connectivity index (χ4n) is 2.63. The van der Waals surface area contributed by atoms with Gasteiger partial charge in [0.15, 0.2) is 0 Å². The molecule has 100 valence electrons. The van der Waals surface area contributed by atoms with Crippen LogP contribution in [0.3, 0.4) is 0 Å². The van der Waals surface area contributed by atoms with E-state index in [4.69, 9.17) is 0 Å². The largest absolute Gasteiger partial charge is 0.309 e. The second-order valence-electron chi connectivity index (χ2n) is 5.08. The Morgan fingerprint density at radius 1 is 0.950 bits per heavy atom. The molecule has 0 aliphatic carbocycles. The summed E-state index contributed by atoms with van der Waals surface area (Å²) in [6.07, 6.45) is 0. The van der Waals surface area contributed by atoms with Gasteiger partial charge in [-0.15, -0.1) is 0 Å². The molecule has 3 heteroatoms. The van der Waals surface area contributed by atoms with Gasteiger partial charge in [0, 0.05) is 12.6 Å². The molecular weight excluding hydrogens is 248 g/mol. The Morgan fingerprint density at radius 2 is 1.60 bits per heavy atom. The molecule has 2 aromatic carbocycles. The number of aryl methyl sites for hydroxylation is 2. The first-order valence-electron chi connectivity index (χ1n) is 6.62. The molecule has 0 unspecified atom stereocenters. The summed E-state index contributed by atoms with van der Waals surface area (Å²) in [5, 5.41) is 0. The van der Waals surface area contributed by atoms with E-state index in [0.717, 1.165) is 28.1 Å². The lowest BCUT2D eigenvalue weighted by atomic mass is 10.0. The Labute approximate surface area is 118 Å². The third-order valence-electron chi connectivity index (χ3n) is 3.66. The fourth-order valence-corrected chi connectivity index (χ4v) is 2.63. The van der Waals surface area contributed by atoms with Crippen LogP contribution in [0.15, 0.2) is 47.5 Å². The molecular formula is C17H16N2O. The van der Waals surface area contributed by atoms with Crippen LogP contribution in [-0.2, 0) is 4.79 Å². The summed E-state index contributed by atoms with van der Waals surface area (Å²) in [5.74, 6) is -0.0405. The van der Waals surface area contributed by atoms with Crippen molar-refractivity contribution in [3.63, 3.8) is 0 Å². The minimum atomic E-state index is -0.0405. The lowest BCUT2D eigenvalue weighted by Gasteiger charge is -2.12. The van der Waals surface area contributed by atoms with Crippen molar-refractivity contribution in [3.8, 4) is 0 Å². The second-order valence-corrected chi connectivity index (χ2v) is 5.08. The van der Waals surface area contributed by atoms with E-state index >= 15 is 0 Å². The first kappa shape index (κ1) is 12.6. The van der Waals surface area contributed by atoms with Crippen molar-refractivity contribution in [1.29, 1.82) is 0 Å². The Hall–Kier alpha value is -2.42. The van der Waals surface area contributed by atoms with Crippen LogP contribution in [0.4, 0.5) is 11.4 Å². The maximum absolute atomic E-state index is 12.5. The van der Waals surface area contributed by atoms with Crippen LogP contribution in [0, 0.1) is 13.8 Å². The number of likely N-dealkylation sites (N-methyl/N-ethyl adjacent to an activating group) is 1. The SMILES string of the molecule is Cc1ccc(C)c2c1C(=Nc1ccccc1)C(=O)N2C. The van der Waals surface area contributed by atoms with E-state index in [1.54, 1.807) is 11.9 Å². The number of amides is 1. The van der Waals surface area contributed by atoms with Crippen molar-refractivity contribution in [2.24, 2.45) is 4.99 Å². The summed E-state index contributed by atoms with van der Waals surface area (Å²) in [5.41, 5.74) is 5.46. The second kappa shape index (κ2) is 4.60. The molecule has 0 atom stereocenters. The molecule has 0 saturated carbocycles.